The van der Waals surface area contributed by atoms with E-state index in [4.69, 9.17) is 0 Å². The molecule has 5 rings (SSSR count). The zero-order valence-electron chi connectivity index (χ0n) is 26.9. The average molecular weight is 656 g/mol. The predicted octanol–water partition coefficient (Wildman–Crippen LogP) is 6.59. The van der Waals surface area contributed by atoms with Crippen LogP contribution in [0.4, 0.5) is 10.1 Å². The molecule has 246 valence electrons. The summed E-state index contributed by atoms with van der Waals surface area (Å²) in [6, 6.07) is 28.0. The van der Waals surface area contributed by atoms with Gasteiger partial charge in [0, 0.05) is 19.0 Å². The molecule has 1 saturated carbocycles. The second-order valence-electron chi connectivity index (χ2n) is 12.2. The molecule has 7 nitrogen and oxygen atoms in total. The van der Waals surface area contributed by atoms with Crippen molar-refractivity contribution in [3.05, 3.63) is 131 Å². The number of hydrogen-bond donors (Lipinski definition) is 1. The molecule has 1 N–H and O–H groups in total. The average Bonchev–Trinajstić information content (AvgIpc) is 3.59. The molecule has 2 amide bonds. The van der Waals surface area contributed by atoms with Crippen LogP contribution in [0.25, 0.3) is 0 Å². The van der Waals surface area contributed by atoms with Crippen LogP contribution in [0.15, 0.2) is 108 Å². The van der Waals surface area contributed by atoms with Crippen LogP contribution in [0.5, 0.6) is 0 Å². The summed E-state index contributed by atoms with van der Waals surface area (Å²) in [7, 11) is -4.20. The molecule has 9 heteroatoms. The van der Waals surface area contributed by atoms with E-state index in [9.17, 15) is 22.4 Å². The lowest BCUT2D eigenvalue weighted by Crippen LogP contribution is -2.54. The minimum absolute atomic E-state index is 0.0114. The van der Waals surface area contributed by atoms with E-state index in [1.807, 2.05) is 56.3 Å². The lowest BCUT2D eigenvalue weighted by Gasteiger charge is -2.34. The highest BCUT2D eigenvalue weighted by atomic mass is 32.2. The van der Waals surface area contributed by atoms with Gasteiger partial charge in [-0.1, -0.05) is 98.1 Å². The van der Waals surface area contributed by atoms with E-state index >= 15 is 0 Å². The normalized spacial score (nSPS) is 14.0. The van der Waals surface area contributed by atoms with Crippen molar-refractivity contribution in [1.82, 2.24) is 10.2 Å². The van der Waals surface area contributed by atoms with Gasteiger partial charge in [0.2, 0.25) is 11.8 Å². The molecule has 0 aliphatic heterocycles. The molecule has 0 heterocycles. The van der Waals surface area contributed by atoms with Gasteiger partial charge < -0.3 is 10.2 Å². The zero-order valence-corrected chi connectivity index (χ0v) is 27.8. The Kier molecular flexibility index (Phi) is 11.1. The monoisotopic (exact) mass is 655 g/mol. The molecular weight excluding hydrogens is 614 g/mol. The maximum Gasteiger partial charge on any atom is 0.264 e. The van der Waals surface area contributed by atoms with Crippen molar-refractivity contribution >= 4 is 27.5 Å². The van der Waals surface area contributed by atoms with Crippen LogP contribution in [0.2, 0.25) is 0 Å². The van der Waals surface area contributed by atoms with Crippen molar-refractivity contribution in [2.24, 2.45) is 0 Å². The van der Waals surface area contributed by atoms with Crippen molar-refractivity contribution in [1.29, 1.82) is 0 Å². The Morgan fingerprint density at radius 1 is 0.851 bits per heavy atom. The Morgan fingerprint density at radius 3 is 2.15 bits per heavy atom. The number of rotatable bonds is 13. The highest BCUT2D eigenvalue weighted by molar-refractivity contribution is 7.92. The van der Waals surface area contributed by atoms with Crippen molar-refractivity contribution in [2.45, 2.75) is 75.9 Å². The SMILES string of the molecule is CCc1ccccc1N(CC(=O)N(Cc1ccc(F)cc1)[C@H](Cc1ccccc1)C(=O)NC1CCCC1)S(=O)(=O)c1ccc(C)cc1. The number of aryl methyl sites for hydroxylation is 2. The van der Waals surface area contributed by atoms with Crippen molar-refractivity contribution in [2.75, 3.05) is 10.8 Å². The van der Waals surface area contributed by atoms with E-state index in [1.165, 1.54) is 17.0 Å². The van der Waals surface area contributed by atoms with Crippen molar-refractivity contribution < 1.29 is 22.4 Å². The third kappa shape index (κ3) is 8.46. The van der Waals surface area contributed by atoms with Crippen LogP contribution >= 0.6 is 0 Å². The molecule has 4 aromatic carbocycles. The summed E-state index contributed by atoms with van der Waals surface area (Å²) in [5, 5.41) is 3.17. The molecule has 0 aromatic heterocycles. The summed E-state index contributed by atoms with van der Waals surface area (Å²) >= 11 is 0. The summed E-state index contributed by atoms with van der Waals surface area (Å²) in [5.74, 6) is -1.26. The molecule has 1 atom stereocenters. The Morgan fingerprint density at radius 2 is 1.49 bits per heavy atom. The van der Waals surface area contributed by atoms with Crippen molar-refractivity contribution in [3.8, 4) is 0 Å². The fraction of sp³-hybridized carbons (Fsp3) is 0.316. The lowest BCUT2D eigenvalue weighted by atomic mass is 10.0. The number of anilines is 1. The third-order valence-corrected chi connectivity index (χ3v) is 10.5. The number of carbonyl (C=O) groups excluding carboxylic acids is 2. The Hall–Kier alpha value is -4.50. The summed E-state index contributed by atoms with van der Waals surface area (Å²) < 4.78 is 43.7. The molecule has 0 spiro atoms. The smallest absolute Gasteiger partial charge is 0.264 e. The number of sulfonamides is 1. The first-order chi connectivity index (χ1) is 22.7. The Labute approximate surface area is 277 Å². The predicted molar refractivity (Wildman–Crippen MR) is 183 cm³/mol. The molecule has 0 saturated heterocycles. The minimum atomic E-state index is -4.20. The van der Waals surface area contributed by atoms with Gasteiger partial charge >= 0.3 is 0 Å². The number of benzene rings is 4. The van der Waals surface area contributed by atoms with Crippen LogP contribution < -0.4 is 9.62 Å². The van der Waals surface area contributed by atoms with Crippen molar-refractivity contribution in [3.63, 3.8) is 0 Å². The number of para-hydroxylation sites is 1. The van der Waals surface area contributed by atoms with E-state index < -0.39 is 34.3 Å². The Bertz CT molecular complexity index is 1760. The van der Waals surface area contributed by atoms with Gasteiger partial charge in [-0.2, -0.15) is 0 Å². The topological polar surface area (TPSA) is 86.8 Å². The van der Waals surface area contributed by atoms with E-state index in [0.29, 0.717) is 17.7 Å². The number of nitrogens with zero attached hydrogens (tertiary/aromatic N) is 2. The third-order valence-electron chi connectivity index (χ3n) is 8.77. The van der Waals surface area contributed by atoms with Crippen LogP contribution in [0.1, 0.15) is 54.9 Å². The fourth-order valence-electron chi connectivity index (χ4n) is 6.11. The molecule has 1 fully saturated rings. The van der Waals surface area contributed by atoms with Gasteiger partial charge in [0.15, 0.2) is 0 Å². The lowest BCUT2D eigenvalue weighted by molar-refractivity contribution is -0.140. The number of carbonyl (C=O) groups is 2. The number of amides is 2. The minimum Gasteiger partial charge on any atom is -0.352 e. The first-order valence-corrected chi connectivity index (χ1v) is 17.6. The van der Waals surface area contributed by atoms with Crippen LogP contribution in [0, 0.1) is 12.7 Å². The summed E-state index contributed by atoms with van der Waals surface area (Å²) in [4.78, 5) is 30.3. The van der Waals surface area contributed by atoms with Crippen LogP contribution in [0.3, 0.4) is 0 Å². The van der Waals surface area contributed by atoms with E-state index in [2.05, 4.69) is 5.32 Å². The molecule has 47 heavy (non-hydrogen) atoms. The van der Waals surface area contributed by atoms with Gasteiger partial charge in [-0.15, -0.1) is 0 Å². The molecular formula is C38H42FN3O4S. The van der Waals surface area contributed by atoms with E-state index in [-0.39, 0.29) is 29.8 Å². The van der Waals surface area contributed by atoms with Gasteiger partial charge in [0.1, 0.15) is 18.4 Å². The van der Waals surface area contributed by atoms with Gasteiger partial charge in [-0.05, 0) is 73.2 Å². The number of hydrogen-bond acceptors (Lipinski definition) is 4. The molecule has 0 unspecified atom stereocenters. The maximum atomic E-state index is 14.7. The van der Waals surface area contributed by atoms with Gasteiger partial charge in [-0.25, -0.2) is 12.8 Å². The molecule has 0 radical (unpaired) electrons. The Balaban J connectivity index is 1.58. The summed E-state index contributed by atoms with van der Waals surface area (Å²) in [5.41, 5.74) is 3.55. The molecule has 1 aliphatic carbocycles. The highest BCUT2D eigenvalue weighted by Gasteiger charge is 2.36. The zero-order chi connectivity index (χ0) is 33.4. The second kappa shape index (κ2) is 15.4. The molecule has 0 bridgehead atoms. The van der Waals surface area contributed by atoms with E-state index in [0.717, 1.165) is 46.7 Å². The summed E-state index contributed by atoms with van der Waals surface area (Å²) in [6.07, 6.45) is 4.55. The highest BCUT2D eigenvalue weighted by Crippen LogP contribution is 2.29. The summed E-state index contributed by atoms with van der Waals surface area (Å²) in [6.45, 7) is 3.27. The van der Waals surface area contributed by atoms with Gasteiger partial charge in [-0.3, -0.25) is 13.9 Å². The maximum absolute atomic E-state index is 14.7. The first-order valence-electron chi connectivity index (χ1n) is 16.2. The van der Waals surface area contributed by atoms with Crippen LogP contribution in [-0.4, -0.2) is 43.8 Å². The number of nitrogens with one attached hydrogen (secondary N) is 1. The molecule has 4 aromatic rings. The standard InChI is InChI=1S/C38H42FN3O4S/c1-3-31-13-7-10-16-35(31)42(47(45,46)34-23-17-28(2)18-24-34)27-37(43)41(26-30-19-21-32(39)22-20-30)36(25-29-11-5-4-6-12-29)38(44)40-33-14-8-9-15-33/h4-7,10-13,16-24,33,36H,3,8-9,14-15,25-27H2,1-2H3,(H,40,44)/t36-/m1/s1. The molecule has 1 aliphatic rings. The van der Waals surface area contributed by atoms with E-state index in [1.54, 1.807) is 48.5 Å². The fourth-order valence-corrected chi connectivity index (χ4v) is 7.56. The largest absolute Gasteiger partial charge is 0.352 e. The van der Waals surface area contributed by atoms with Gasteiger partial charge in [0.05, 0.1) is 10.6 Å². The number of halogens is 1. The quantitative estimate of drug-likeness (QED) is 0.176. The first kappa shape index (κ1) is 33.9. The second-order valence-corrected chi connectivity index (χ2v) is 14.0. The van der Waals surface area contributed by atoms with Crippen LogP contribution in [-0.2, 0) is 39.0 Å². The van der Waals surface area contributed by atoms with Gasteiger partial charge in [0.25, 0.3) is 10.0 Å².